The van der Waals surface area contributed by atoms with E-state index in [1.807, 2.05) is 18.2 Å². The Morgan fingerprint density at radius 1 is 0.803 bits per heavy atom. The zero-order chi connectivity index (χ0) is 48.7. The number of hydrogen-bond acceptors (Lipinski definition) is 10. The summed E-state index contributed by atoms with van der Waals surface area (Å²) in [6, 6.07) is 29.3. The van der Waals surface area contributed by atoms with Gasteiger partial charge in [-0.25, -0.2) is 4.98 Å². The van der Waals surface area contributed by atoms with Crippen molar-refractivity contribution in [2.24, 2.45) is 0 Å². The lowest BCUT2D eigenvalue weighted by molar-refractivity contribution is -0.669. The Morgan fingerprint density at radius 2 is 1.55 bits per heavy atom. The van der Waals surface area contributed by atoms with Crippen molar-refractivity contribution >= 4 is 75.3 Å². The lowest BCUT2D eigenvalue weighted by Gasteiger charge is -2.35. The molecule has 4 amide bonds. The van der Waals surface area contributed by atoms with Crippen LogP contribution in [0.4, 0.5) is 28.6 Å². The minimum atomic E-state index is -0.269. The van der Waals surface area contributed by atoms with E-state index in [0.29, 0.717) is 81.4 Å². The Hall–Kier alpha value is -6.31. The van der Waals surface area contributed by atoms with Crippen molar-refractivity contribution in [2.75, 3.05) is 99.2 Å². The number of unbranched alkanes of at least 4 members (excludes halogenated alkanes) is 1. The van der Waals surface area contributed by atoms with Crippen LogP contribution >= 0.6 is 0 Å². The first-order valence-corrected chi connectivity index (χ1v) is 24.5. The number of pyridine rings is 2. The summed E-state index contributed by atoms with van der Waals surface area (Å²) in [7, 11) is 0. The average molecular weight is 1070 g/mol. The molecular formula is C55H64IN9O6. The highest BCUT2D eigenvalue weighted by atomic mass is 127. The van der Waals surface area contributed by atoms with Crippen molar-refractivity contribution in [1.29, 1.82) is 0 Å². The van der Waals surface area contributed by atoms with E-state index in [-0.39, 0.29) is 54.2 Å². The molecule has 3 aliphatic heterocycles. The van der Waals surface area contributed by atoms with Crippen molar-refractivity contribution in [3.8, 4) is 0 Å². The van der Waals surface area contributed by atoms with Gasteiger partial charge in [-0.1, -0.05) is 42.5 Å². The number of halogens is 1. The molecule has 5 heterocycles. The Morgan fingerprint density at radius 3 is 2.35 bits per heavy atom. The van der Waals surface area contributed by atoms with Gasteiger partial charge in [-0.2, -0.15) is 4.57 Å². The summed E-state index contributed by atoms with van der Waals surface area (Å²) in [5.41, 5.74) is 7.99. The number of amides is 4. The van der Waals surface area contributed by atoms with E-state index in [2.05, 4.69) is 127 Å². The van der Waals surface area contributed by atoms with Gasteiger partial charge in [0.15, 0.2) is 5.82 Å². The van der Waals surface area contributed by atoms with Gasteiger partial charge in [-0.05, 0) is 92.9 Å². The number of benzene rings is 3. The lowest BCUT2D eigenvalue weighted by atomic mass is 10.1. The van der Waals surface area contributed by atoms with Crippen LogP contribution in [0.2, 0.25) is 0 Å². The number of likely N-dealkylation sites (N-methyl/N-ethyl adjacent to an activating group) is 1. The van der Waals surface area contributed by atoms with E-state index < -0.39 is 0 Å². The summed E-state index contributed by atoms with van der Waals surface area (Å²) in [6.07, 6.45) is 14.3. The molecule has 8 rings (SSSR count). The number of nitrogens with one attached hydrogen (secondary N) is 3. The number of allylic oxidation sites excluding steroid dienone is 3. The molecule has 0 unspecified atom stereocenters. The minimum absolute atomic E-state index is 0. The molecule has 1 saturated heterocycles. The standard InChI is InChI=1S/C55H63N9O6.HI/c1-3-62-44(25-22-41-13-5-7-18-48(41)62)14-11-15-45-26-23-42-39-43(24-27-49(42)63(45)4-2)58-52(66)21-10-9-20-51(65)56-29-35-69-37-38-70-36-34-60-30-32-61(33-31-60)40-53(67)64-50-19-8-6-16-46(50)55(68)59-47-17-12-28-57-54(47)64;/h5-8,11-19,22-28,39H,3-4,9-10,20-21,29-38,40H2,1-2H3,(H2-,56,58,59,65,66,68);1H. The number of aromatic nitrogens is 2. The number of aryl methyl sites for hydroxylation is 1. The number of fused-ring (bicyclic) bond motifs is 4. The number of para-hydroxylation sites is 2. The van der Waals surface area contributed by atoms with E-state index in [9.17, 15) is 19.2 Å². The number of ether oxygens (including phenoxy) is 2. The second-order valence-electron chi connectivity index (χ2n) is 17.4. The van der Waals surface area contributed by atoms with Gasteiger partial charge in [0.1, 0.15) is 6.54 Å². The van der Waals surface area contributed by atoms with Crippen molar-refractivity contribution in [3.05, 3.63) is 138 Å². The van der Waals surface area contributed by atoms with Gasteiger partial charge < -0.3 is 54.3 Å². The molecule has 3 aromatic carbocycles. The summed E-state index contributed by atoms with van der Waals surface area (Å²) in [6.45, 7) is 12.3. The fraction of sp³-hybridized carbons (Fsp3) is 0.345. The quantitative estimate of drug-likeness (QED) is 0.0555. The predicted octanol–water partition coefficient (Wildman–Crippen LogP) is 4.19. The highest BCUT2D eigenvalue weighted by molar-refractivity contribution is 6.17. The molecule has 16 heteroatoms. The Bertz CT molecular complexity index is 2750. The molecule has 0 radical (unpaired) electrons. The summed E-state index contributed by atoms with van der Waals surface area (Å²) < 4.78 is 13.7. The van der Waals surface area contributed by atoms with Crippen molar-refractivity contribution in [3.63, 3.8) is 0 Å². The summed E-state index contributed by atoms with van der Waals surface area (Å²) in [4.78, 5) is 64.7. The molecule has 3 aliphatic rings. The van der Waals surface area contributed by atoms with E-state index in [0.717, 1.165) is 73.8 Å². The van der Waals surface area contributed by atoms with Gasteiger partial charge in [0.25, 0.3) is 5.91 Å². The number of hydrogen-bond donors (Lipinski definition) is 3. The molecule has 0 spiro atoms. The molecule has 2 aromatic heterocycles. The number of carbonyl (C=O) groups is 4. The summed E-state index contributed by atoms with van der Waals surface area (Å²) in [5.74, 6) is -0.123. The monoisotopic (exact) mass is 1070 g/mol. The van der Waals surface area contributed by atoms with E-state index >= 15 is 0 Å². The van der Waals surface area contributed by atoms with Crippen LogP contribution in [0.15, 0.2) is 121 Å². The first-order valence-electron chi connectivity index (χ1n) is 24.5. The highest BCUT2D eigenvalue weighted by Crippen LogP contribution is 2.36. The predicted molar refractivity (Wildman–Crippen MR) is 276 cm³/mol. The van der Waals surface area contributed by atoms with Crippen LogP contribution in [0.5, 0.6) is 0 Å². The molecule has 0 atom stereocenters. The zero-order valence-corrected chi connectivity index (χ0v) is 42.8. The molecule has 0 saturated carbocycles. The number of rotatable bonds is 21. The molecule has 5 aromatic rings. The Labute approximate surface area is 433 Å². The molecule has 15 nitrogen and oxygen atoms in total. The zero-order valence-electron chi connectivity index (χ0n) is 40.7. The van der Waals surface area contributed by atoms with Gasteiger partial charge >= 0.3 is 0 Å². The second-order valence-corrected chi connectivity index (χ2v) is 17.4. The molecule has 0 bridgehead atoms. The molecule has 71 heavy (non-hydrogen) atoms. The minimum Gasteiger partial charge on any atom is -1.00 e. The fourth-order valence-corrected chi connectivity index (χ4v) is 9.12. The maximum Gasteiger partial charge on any atom is 0.257 e. The van der Waals surface area contributed by atoms with Gasteiger partial charge in [-0.15, -0.1) is 0 Å². The van der Waals surface area contributed by atoms with Gasteiger partial charge in [-0.3, -0.25) is 33.9 Å². The molecule has 372 valence electrons. The lowest BCUT2D eigenvalue weighted by Crippen LogP contribution is -3.00. The Balaban J connectivity index is 0.00000741. The third-order valence-electron chi connectivity index (χ3n) is 12.7. The van der Waals surface area contributed by atoms with Crippen molar-refractivity contribution in [1.82, 2.24) is 20.1 Å². The van der Waals surface area contributed by atoms with E-state index in [1.165, 1.54) is 11.3 Å². The van der Waals surface area contributed by atoms with Crippen molar-refractivity contribution < 1.29 is 57.2 Å². The molecule has 3 N–H and O–H groups in total. The highest BCUT2D eigenvalue weighted by Gasteiger charge is 2.32. The van der Waals surface area contributed by atoms with Gasteiger partial charge in [0.2, 0.25) is 28.9 Å². The first-order chi connectivity index (χ1) is 34.3. The van der Waals surface area contributed by atoms with Crippen LogP contribution in [0.25, 0.3) is 23.1 Å². The maximum atomic E-state index is 13.8. The normalized spacial score (nSPS) is 15.2. The number of anilines is 5. The molecule has 0 aliphatic carbocycles. The number of piperazine rings is 1. The largest absolute Gasteiger partial charge is 1.00 e. The van der Waals surface area contributed by atoms with Crippen LogP contribution in [0, 0.1) is 0 Å². The smallest absolute Gasteiger partial charge is 0.257 e. The van der Waals surface area contributed by atoms with Crippen LogP contribution < -0.4 is 54.3 Å². The second kappa shape index (κ2) is 26.2. The third-order valence-corrected chi connectivity index (χ3v) is 12.7. The Kier molecular flexibility index (Phi) is 19.4. The van der Waals surface area contributed by atoms with E-state index in [4.69, 9.17) is 9.47 Å². The van der Waals surface area contributed by atoms with Gasteiger partial charge in [0, 0.05) is 106 Å². The first kappa shape index (κ1) is 52.5. The molecule has 1 fully saturated rings. The average Bonchev–Trinajstić information content (AvgIpc) is 3.50. The third kappa shape index (κ3) is 13.8. The van der Waals surface area contributed by atoms with Crippen molar-refractivity contribution in [2.45, 2.75) is 46.1 Å². The van der Waals surface area contributed by atoms with Crippen LogP contribution in [-0.4, -0.2) is 117 Å². The summed E-state index contributed by atoms with van der Waals surface area (Å²) in [5, 5.41) is 9.86. The number of carbonyl (C=O) groups excluding carboxylic acids is 4. The SMILES string of the molecule is CCN1/C(=C/C=C/c2ccc3cc(NC(=O)CCCCC(=O)NCCOCCOCCN4CCN(CC(=O)N5c6ccccc6C(=O)Nc6cccnc65)CC4)ccc3[n+]2CC)C=Cc2ccccc21.[I-]. The van der Waals surface area contributed by atoms with Crippen LogP contribution in [0.3, 0.4) is 0 Å². The summed E-state index contributed by atoms with van der Waals surface area (Å²) >= 11 is 0. The van der Waals surface area contributed by atoms with E-state index in [1.54, 1.807) is 41.4 Å². The fourth-order valence-electron chi connectivity index (χ4n) is 9.12. The maximum absolute atomic E-state index is 13.8. The molecular weight excluding hydrogens is 1010 g/mol. The van der Waals surface area contributed by atoms with Crippen LogP contribution in [0.1, 0.15) is 61.1 Å². The van der Waals surface area contributed by atoms with Crippen LogP contribution in [-0.2, 0) is 30.4 Å². The number of nitrogens with zero attached hydrogens (tertiary/aromatic N) is 6. The topological polar surface area (TPSA) is 153 Å². The van der Waals surface area contributed by atoms with Gasteiger partial charge in [0.05, 0.1) is 49.9 Å².